The Morgan fingerprint density at radius 1 is 0.875 bits per heavy atom. The Kier molecular flexibility index (Phi) is 8.15. The van der Waals surface area contributed by atoms with Gasteiger partial charge in [-0.05, 0) is 35.9 Å². The monoisotopic (exact) mass is 472 g/mol. The van der Waals surface area contributed by atoms with Crippen molar-refractivity contribution in [3.8, 4) is 0 Å². The molecule has 0 heterocycles. The standard InChI is InChI=1S/C23H21FN2O4S2/c24-21-9-5-4-8-18(21)15-31-16-23(28)26-19-10-12-20(13-11-19)32(29,30)25-14-22(27)17-6-2-1-3-7-17/h1-13,25H,14-16H2,(H,26,28). The summed E-state index contributed by atoms with van der Waals surface area (Å²) in [6, 6.07) is 20.4. The lowest BCUT2D eigenvalue weighted by atomic mass is 10.1. The number of amides is 1. The maximum Gasteiger partial charge on any atom is 0.240 e. The molecule has 0 aliphatic heterocycles. The van der Waals surface area contributed by atoms with E-state index in [4.69, 9.17) is 0 Å². The van der Waals surface area contributed by atoms with Gasteiger partial charge in [0.15, 0.2) is 5.78 Å². The van der Waals surface area contributed by atoms with Crippen molar-refractivity contribution in [1.29, 1.82) is 0 Å². The fraction of sp³-hybridized carbons (Fsp3) is 0.130. The van der Waals surface area contributed by atoms with Crippen molar-refractivity contribution in [2.45, 2.75) is 10.6 Å². The average Bonchev–Trinajstić information content (AvgIpc) is 2.80. The molecule has 32 heavy (non-hydrogen) atoms. The molecule has 0 radical (unpaired) electrons. The van der Waals surface area contributed by atoms with Crippen molar-refractivity contribution in [1.82, 2.24) is 4.72 Å². The largest absolute Gasteiger partial charge is 0.325 e. The Labute approximate surface area is 190 Å². The molecule has 0 unspecified atom stereocenters. The number of Topliss-reactive ketones (excluding diaryl/α,β-unsaturated/α-hetero) is 1. The van der Waals surface area contributed by atoms with Crippen LogP contribution in [0.5, 0.6) is 0 Å². The number of sulfonamides is 1. The van der Waals surface area contributed by atoms with Gasteiger partial charge in [-0.3, -0.25) is 9.59 Å². The van der Waals surface area contributed by atoms with Gasteiger partial charge in [0.05, 0.1) is 17.2 Å². The number of ketones is 1. The fourth-order valence-corrected chi connectivity index (χ4v) is 4.55. The van der Waals surface area contributed by atoms with Crippen molar-refractivity contribution < 1.29 is 22.4 Å². The zero-order valence-electron chi connectivity index (χ0n) is 17.0. The number of nitrogens with one attached hydrogen (secondary N) is 2. The van der Waals surface area contributed by atoms with Gasteiger partial charge in [0.25, 0.3) is 0 Å². The highest BCUT2D eigenvalue weighted by Crippen LogP contribution is 2.17. The van der Waals surface area contributed by atoms with Gasteiger partial charge in [0.1, 0.15) is 5.82 Å². The van der Waals surface area contributed by atoms with Crippen molar-refractivity contribution in [3.63, 3.8) is 0 Å². The predicted molar refractivity (Wildman–Crippen MR) is 124 cm³/mol. The van der Waals surface area contributed by atoms with Gasteiger partial charge < -0.3 is 5.32 Å². The number of carbonyl (C=O) groups excluding carboxylic acids is 2. The second-order valence-corrected chi connectivity index (χ2v) is 9.52. The molecule has 6 nitrogen and oxygen atoms in total. The van der Waals surface area contributed by atoms with Gasteiger partial charge in [-0.15, -0.1) is 11.8 Å². The SMILES string of the molecule is O=C(CSCc1ccccc1F)Nc1ccc(S(=O)(=O)NCC(=O)c2ccccc2)cc1. The Morgan fingerprint density at radius 2 is 1.53 bits per heavy atom. The minimum absolute atomic E-state index is 0.0229. The van der Waals surface area contributed by atoms with Gasteiger partial charge in [-0.1, -0.05) is 48.5 Å². The van der Waals surface area contributed by atoms with Crippen LogP contribution in [-0.4, -0.2) is 32.4 Å². The summed E-state index contributed by atoms with van der Waals surface area (Å²) in [5.74, 6) is -0.446. The highest BCUT2D eigenvalue weighted by atomic mass is 32.2. The van der Waals surface area contributed by atoms with E-state index >= 15 is 0 Å². The van der Waals surface area contributed by atoms with Gasteiger partial charge in [-0.25, -0.2) is 17.5 Å². The minimum Gasteiger partial charge on any atom is -0.325 e. The summed E-state index contributed by atoms with van der Waals surface area (Å²) in [6.07, 6.45) is 0. The van der Waals surface area contributed by atoms with Gasteiger partial charge in [-0.2, -0.15) is 0 Å². The topological polar surface area (TPSA) is 92.3 Å². The van der Waals surface area contributed by atoms with Gasteiger partial charge in [0, 0.05) is 17.0 Å². The number of anilines is 1. The zero-order chi connectivity index (χ0) is 23.0. The molecule has 0 spiro atoms. The highest BCUT2D eigenvalue weighted by Gasteiger charge is 2.16. The number of halogens is 1. The molecule has 0 bridgehead atoms. The molecule has 3 aromatic carbocycles. The second-order valence-electron chi connectivity index (χ2n) is 6.77. The summed E-state index contributed by atoms with van der Waals surface area (Å²) in [6.45, 7) is -0.357. The molecule has 2 N–H and O–H groups in total. The summed E-state index contributed by atoms with van der Waals surface area (Å²) in [5.41, 5.74) is 1.38. The van der Waals surface area contributed by atoms with Gasteiger partial charge in [0.2, 0.25) is 15.9 Å². The molecule has 0 fully saturated rings. The first-order valence-electron chi connectivity index (χ1n) is 9.64. The van der Waals surface area contributed by atoms with E-state index in [1.165, 1.54) is 42.1 Å². The van der Waals surface area contributed by atoms with Crippen LogP contribution in [0.2, 0.25) is 0 Å². The average molecular weight is 473 g/mol. The molecule has 1 amide bonds. The lowest BCUT2D eigenvalue weighted by molar-refractivity contribution is -0.113. The van der Waals surface area contributed by atoms with E-state index in [9.17, 15) is 22.4 Å². The lowest BCUT2D eigenvalue weighted by Gasteiger charge is -2.09. The molecule has 0 aliphatic carbocycles. The van der Waals surface area contributed by atoms with Crippen LogP contribution in [0.15, 0.2) is 83.8 Å². The zero-order valence-corrected chi connectivity index (χ0v) is 18.6. The number of carbonyl (C=O) groups is 2. The Balaban J connectivity index is 1.49. The molecule has 3 aromatic rings. The van der Waals surface area contributed by atoms with Crippen molar-refractivity contribution in [2.24, 2.45) is 0 Å². The van der Waals surface area contributed by atoms with Crippen molar-refractivity contribution >= 4 is 39.2 Å². The van der Waals surface area contributed by atoms with E-state index in [0.717, 1.165) is 0 Å². The van der Waals surface area contributed by atoms with Crippen molar-refractivity contribution in [3.05, 3.63) is 95.8 Å². The maximum absolute atomic E-state index is 13.6. The summed E-state index contributed by atoms with van der Waals surface area (Å²) in [7, 11) is -3.88. The molecular formula is C23H21FN2O4S2. The molecule has 3 rings (SSSR count). The number of hydrogen-bond donors (Lipinski definition) is 2. The third-order valence-electron chi connectivity index (χ3n) is 4.42. The summed E-state index contributed by atoms with van der Waals surface area (Å²) < 4.78 is 40.7. The number of benzene rings is 3. The molecule has 0 aromatic heterocycles. The van der Waals surface area contributed by atoms with Crippen LogP contribution in [0.3, 0.4) is 0 Å². The molecule has 0 atom stereocenters. The quantitative estimate of drug-likeness (QED) is 0.437. The van der Waals surface area contributed by atoms with E-state index in [2.05, 4.69) is 10.0 Å². The smallest absolute Gasteiger partial charge is 0.240 e. The first-order valence-corrected chi connectivity index (χ1v) is 12.3. The van der Waals surface area contributed by atoms with E-state index in [1.54, 1.807) is 48.5 Å². The van der Waals surface area contributed by atoms with Crippen LogP contribution in [0.25, 0.3) is 0 Å². The summed E-state index contributed by atoms with van der Waals surface area (Å²) >= 11 is 1.27. The fourth-order valence-electron chi connectivity index (χ4n) is 2.75. The predicted octanol–water partition coefficient (Wildman–Crippen LogP) is 3.86. The Bertz CT molecular complexity index is 1180. The van der Waals surface area contributed by atoms with Crippen LogP contribution in [0.4, 0.5) is 10.1 Å². The molecule has 0 saturated heterocycles. The first kappa shape index (κ1) is 23.6. The van der Waals surface area contributed by atoms with E-state index in [-0.39, 0.29) is 34.7 Å². The van der Waals surface area contributed by atoms with Crippen LogP contribution in [0, 0.1) is 5.82 Å². The van der Waals surface area contributed by atoms with Crippen LogP contribution in [0.1, 0.15) is 15.9 Å². The first-order chi connectivity index (χ1) is 15.3. The normalized spacial score (nSPS) is 11.2. The Hall–Kier alpha value is -3.01. The third-order valence-corrected chi connectivity index (χ3v) is 6.81. The number of thioether (sulfide) groups is 1. The van der Waals surface area contributed by atoms with Crippen LogP contribution in [-0.2, 0) is 20.6 Å². The Morgan fingerprint density at radius 3 is 2.22 bits per heavy atom. The van der Waals surface area contributed by atoms with Crippen LogP contribution < -0.4 is 10.0 Å². The molecule has 0 saturated carbocycles. The third kappa shape index (κ3) is 6.74. The molecule has 166 valence electrons. The number of rotatable bonds is 10. The lowest BCUT2D eigenvalue weighted by Crippen LogP contribution is -2.29. The van der Waals surface area contributed by atoms with E-state index < -0.39 is 10.0 Å². The molecular weight excluding hydrogens is 451 g/mol. The minimum atomic E-state index is -3.88. The van der Waals surface area contributed by atoms with Crippen molar-refractivity contribution in [2.75, 3.05) is 17.6 Å². The van der Waals surface area contributed by atoms with Crippen LogP contribution >= 0.6 is 11.8 Å². The summed E-state index contributed by atoms with van der Waals surface area (Å²) in [5, 5.41) is 2.67. The number of hydrogen-bond acceptors (Lipinski definition) is 5. The van der Waals surface area contributed by atoms with E-state index in [1.807, 2.05) is 0 Å². The summed E-state index contributed by atoms with van der Waals surface area (Å²) in [4.78, 5) is 24.2. The molecule has 0 aliphatic rings. The van der Waals surface area contributed by atoms with E-state index in [0.29, 0.717) is 22.6 Å². The van der Waals surface area contributed by atoms with Gasteiger partial charge >= 0.3 is 0 Å². The highest BCUT2D eigenvalue weighted by molar-refractivity contribution is 7.99. The maximum atomic E-state index is 13.6. The second kappa shape index (κ2) is 11.0. The molecule has 9 heteroatoms.